The van der Waals surface area contributed by atoms with Crippen LogP contribution < -0.4 is 10.6 Å². The van der Waals surface area contributed by atoms with Crippen LogP contribution >= 0.6 is 0 Å². The number of rotatable bonds is 12. The van der Waals surface area contributed by atoms with Crippen molar-refractivity contribution in [3.8, 4) is 33.6 Å². The number of ether oxygens (including phenoxy) is 1. The van der Waals surface area contributed by atoms with Gasteiger partial charge in [0.2, 0.25) is 11.8 Å². The monoisotopic (exact) mass is 782 g/mol. The second-order valence-electron chi connectivity index (χ2n) is 16.9. The minimum Gasteiger partial charge on any atom is -0.453 e. The van der Waals surface area contributed by atoms with Crippen molar-refractivity contribution in [3.63, 3.8) is 0 Å². The Labute approximate surface area is 340 Å². The molecule has 12 heteroatoms. The number of hydrogen-bond donors (Lipinski definition) is 4. The highest BCUT2D eigenvalue weighted by Gasteiger charge is 2.52. The lowest BCUT2D eigenvalue weighted by molar-refractivity contribution is -0.135. The molecule has 2 bridgehead atoms. The van der Waals surface area contributed by atoms with Crippen molar-refractivity contribution < 1.29 is 19.1 Å². The van der Waals surface area contributed by atoms with E-state index in [1.165, 1.54) is 7.11 Å². The van der Waals surface area contributed by atoms with Gasteiger partial charge in [-0.3, -0.25) is 14.6 Å². The van der Waals surface area contributed by atoms with Gasteiger partial charge in [0, 0.05) is 30.9 Å². The number of aromatic amines is 2. The SMILES string of the molecule is COC(=O)N[C@H](C(=O)N1CCC[C@H]1c1ncc(-c2ccc(-c3ccc(-c4cnc(C5C6CCC(C6)C5C(=O)NCc5cccnc5C(C)C)[nH]4)cc3)cc2)[nH]1)C(C)C. The van der Waals surface area contributed by atoms with Crippen molar-refractivity contribution in [2.24, 2.45) is 23.7 Å². The summed E-state index contributed by atoms with van der Waals surface area (Å²) in [6, 6.07) is 20.0. The van der Waals surface area contributed by atoms with Gasteiger partial charge >= 0.3 is 6.09 Å². The minimum absolute atomic E-state index is 0.0851. The predicted octanol–water partition coefficient (Wildman–Crippen LogP) is 8.14. The third kappa shape index (κ3) is 7.76. The van der Waals surface area contributed by atoms with Gasteiger partial charge in [0.15, 0.2) is 0 Å². The number of imidazole rings is 2. The number of nitrogens with one attached hydrogen (secondary N) is 4. The summed E-state index contributed by atoms with van der Waals surface area (Å²) in [5.74, 6) is 2.69. The molecule has 3 fully saturated rings. The van der Waals surface area contributed by atoms with Crippen molar-refractivity contribution in [2.75, 3.05) is 13.7 Å². The van der Waals surface area contributed by atoms with Gasteiger partial charge in [-0.05, 0) is 89.7 Å². The first kappa shape index (κ1) is 39.1. The zero-order valence-corrected chi connectivity index (χ0v) is 34.0. The van der Waals surface area contributed by atoms with Gasteiger partial charge < -0.3 is 30.2 Å². The summed E-state index contributed by atoms with van der Waals surface area (Å²) in [7, 11) is 1.30. The highest BCUT2D eigenvalue weighted by Crippen LogP contribution is 2.56. The number of pyridine rings is 1. The number of hydrogen-bond acceptors (Lipinski definition) is 7. The average molecular weight is 783 g/mol. The summed E-state index contributed by atoms with van der Waals surface area (Å²) >= 11 is 0. The van der Waals surface area contributed by atoms with E-state index in [0.29, 0.717) is 30.8 Å². The van der Waals surface area contributed by atoms with Gasteiger partial charge in [0.1, 0.15) is 17.7 Å². The molecule has 4 unspecified atom stereocenters. The number of amides is 3. The Morgan fingerprint density at radius 2 is 1.43 bits per heavy atom. The Morgan fingerprint density at radius 1 is 0.810 bits per heavy atom. The van der Waals surface area contributed by atoms with Gasteiger partial charge in [-0.15, -0.1) is 0 Å². The van der Waals surface area contributed by atoms with E-state index in [1.807, 2.05) is 43.4 Å². The standard InChI is InChI=1S/C46H54N8O4/c1-26(2)40-34(8-6-20-47-40)23-50-44(55)39-33-19-18-32(22-33)38(39)43-49-25-36(52-43)31-16-12-29(13-17-31)28-10-14-30(15-11-28)35-24-48-42(51-35)37-9-7-21-54(37)45(56)41(27(3)4)53-46(57)58-5/h6,8,10-17,20,24-27,32-33,37-39,41H,7,9,18-19,21-23H2,1-5H3,(H,48,51)(H,49,52)(H,50,55)(H,53,57)/t32?,33?,37-,38?,39?,41-/m0/s1. The zero-order chi connectivity index (χ0) is 40.5. The molecule has 1 saturated heterocycles. The summed E-state index contributed by atoms with van der Waals surface area (Å²) in [6.45, 7) is 9.18. The van der Waals surface area contributed by atoms with Crippen LogP contribution in [-0.2, 0) is 20.9 Å². The first-order chi connectivity index (χ1) is 28.1. The van der Waals surface area contributed by atoms with Crippen LogP contribution in [0.25, 0.3) is 33.6 Å². The molecule has 8 rings (SSSR count). The van der Waals surface area contributed by atoms with Crippen LogP contribution in [0.15, 0.2) is 79.3 Å². The Balaban J connectivity index is 0.916. The van der Waals surface area contributed by atoms with Gasteiger partial charge in [0.05, 0.1) is 42.9 Å². The number of alkyl carbamates (subject to hydrolysis) is 1. The van der Waals surface area contributed by atoms with E-state index in [-0.39, 0.29) is 35.6 Å². The molecule has 2 saturated carbocycles. The molecule has 3 aromatic heterocycles. The van der Waals surface area contributed by atoms with Crippen molar-refractivity contribution in [1.29, 1.82) is 0 Å². The number of methoxy groups -OCH3 is 1. The third-order valence-electron chi connectivity index (χ3n) is 12.6. The third-order valence-corrected chi connectivity index (χ3v) is 12.6. The van der Waals surface area contributed by atoms with Crippen molar-refractivity contribution in [3.05, 3.63) is 102 Å². The quantitative estimate of drug-likeness (QED) is 0.0995. The van der Waals surface area contributed by atoms with Crippen LogP contribution in [0.1, 0.15) is 101 Å². The smallest absolute Gasteiger partial charge is 0.407 e. The molecular formula is C46H54N8O4. The van der Waals surface area contributed by atoms with E-state index >= 15 is 0 Å². The Bertz CT molecular complexity index is 2240. The average Bonchev–Trinajstić information content (AvgIpc) is 4.10. The van der Waals surface area contributed by atoms with Crippen LogP contribution in [0.2, 0.25) is 0 Å². The summed E-state index contributed by atoms with van der Waals surface area (Å²) in [5, 5.41) is 5.98. The maximum absolute atomic E-state index is 13.8. The summed E-state index contributed by atoms with van der Waals surface area (Å²) in [5.41, 5.74) is 8.17. The Morgan fingerprint density at radius 3 is 2.07 bits per heavy atom. The van der Waals surface area contributed by atoms with E-state index < -0.39 is 12.1 Å². The molecular weight excluding hydrogens is 729 g/mol. The molecule has 302 valence electrons. The Kier molecular flexibility index (Phi) is 11.2. The van der Waals surface area contributed by atoms with Crippen LogP contribution in [0.5, 0.6) is 0 Å². The van der Waals surface area contributed by atoms with E-state index in [0.717, 1.165) is 88.7 Å². The number of nitrogens with zero attached hydrogens (tertiary/aromatic N) is 4. The number of carbonyl (C=O) groups is 3. The molecule has 5 aromatic rings. The first-order valence-corrected chi connectivity index (χ1v) is 20.8. The molecule has 4 N–H and O–H groups in total. The molecule has 2 aliphatic carbocycles. The van der Waals surface area contributed by atoms with E-state index in [9.17, 15) is 14.4 Å². The van der Waals surface area contributed by atoms with Crippen molar-refractivity contribution in [1.82, 2.24) is 40.5 Å². The molecule has 6 atom stereocenters. The predicted molar refractivity (Wildman–Crippen MR) is 222 cm³/mol. The van der Waals surface area contributed by atoms with E-state index in [4.69, 9.17) is 14.7 Å². The van der Waals surface area contributed by atoms with Crippen LogP contribution in [0.3, 0.4) is 0 Å². The summed E-state index contributed by atoms with van der Waals surface area (Å²) in [6.07, 6.45) is 9.90. The number of benzene rings is 2. The molecule has 1 aliphatic heterocycles. The highest BCUT2D eigenvalue weighted by molar-refractivity contribution is 5.86. The maximum Gasteiger partial charge on any atom is 0.407 e. The van der Waals surface area contributed by atoms with Crippen LogP contribution in [0.4, 0.5) is 4.79 Å². The second kappa shape index (κ2) is 16.6. The molecule has 12 nitrogen and oxygen atoms in total. The first-order valence-electron chi connectivity index (χ1n) is 20.8. The summed E-state index contributed by atoms with van der Waals surface area (Å²) < 4.78 is 4.77. The number of H-pyrrole nitrogens is 2. The molecule has 0 radical (unpaired) electrons. The fourth-order valence-corrected chi connectivity index (χ4v) is 9.67. The normalized spacial score (nSPS) is 21.8. The minimum atomic E-state index is -0.678. The molecule has 0 spiro atoms. The molecule has 4 heterocycles. The molecule has 2 aromatic carbocycles. The van der Waals surface area contributed by atoms with Crippen LogP contribution in [0, 0.1) is 23.7 Å². The Hall–Kier alpha value is -5.78. The van der Waals surface area contributed by atoms with Crippen molar-refractivity contribution in [2.45, 2.75) is 90.3 Å². The van der Waals surface area contributed by atoms with Gasteiger partial charge in [-0.25, -0.2) is 14.8 Å². The summed E-state index contributed by atoms with van der Waals surface area (Å²) in [4.78, 5) is 62.4. The van der Waals surface area contributed by atoms with Gasteiger partial charge in [-0.2, -0.15) is 0 Å². The van der Waals surface area contributed by atoms with Gasteiger partial charge in [-0.1, -0.05) is 82.3 Å². The fourth-order valence-electron chi connectivity index (χ4n) is 9.67. The van der Waals surface area contributed by atoms with Crippen LogP contribution in [-0.4, -0.2) is 67.4 Å². The van der Waals surface area contributed by atoms with E-state index in [1.54, 1.807) is 0 Å². The topological polar surface area (TPSA) is 158 Å². The highest BCUT2D eigenvalue weighted by atomic mass is 16.5. The zero-order valence-electron chi connectivity index (χ0n) is 34.0. The number of likely N-dealkylation sites (tertiary alicyclic amines) is 1. The molecule has 3 aliphatic rings. The number of fused-ring (bicyclic) bond motifs is 2. The van der Waals surface area contributed by atoms with Gasteiger partial charge in [0.25, 0.3) is 0 Å². The lowest BCUT2D eigenvalue weighted by Crippen LogP contribution is -2.51. The lowest BCUT2D eigenvalue weighted by atomic mass is 9.78. The maximum atomic E-state index is 13.8. The van der Waals surface area contributed by atoms with Crippen molar-refractivity contribution >= 4 is 17.9 Å². The second-order valence-corrected chi connectivity index (χ2v) is 16.9. The largest absolute Gasteiger partial charge is 0.453 e. The number of carbonyl (C=O) groups excluding carboxylic acids is 3. The lowest BCUT2D eigenvalue weighted by Gasteiger charge is -2.30. The van der Waals surface area contributed by atoms with E-state index in [2.05, 4.69) is 94.0 Å². The fraction of sp³-hybridized carbons (Fsp3) is 0.435. The molecule has 3 amide bonds. The number of aromatic nitrogens is 5. The molecule has 58 heavy (non-hydrogen) atoms.